The molecule has 3 aliphatic heterocycles. The van der Waals surface area contributed by atoms with Crippen molar-refractivity contribution in [2.75, 3.05) is 36.4 Å². The van der Waals surface area contributed by atoms with E-state index in [4.69, 9.17) is 15.2 Å². The Morgan fingerprint density at radius 1 is 1.00 bits per heavy atom. The number of aliphatic imine (C=N–C) groups is 1. The zero-order valence-corrected chi connectivity index (χ0v) is 28.1. The molecule has 7 rings (SSSR count). The Morgan fingerprint density at radius 2 is 1.82 bits per heavy atom. The molecular weight excluding hydrogens is 641 g/mol. The molecule has 0 bridgehead atoms. The van der Waals surface area contributed by atoms with Gasteiger partial charge in [-0.2, -0.15) is 0 Å². The lowest BCUT2D eigenvalue weighted by atomic mass is 9.93. The molecule has 4 aromatic rings. The van der Waals surface area contributed by atoms with Gasteiger partial charge in [0.25, 0.3) is 5.91 Å². The summed E-state index contributed by atoms with van der Waals surface area (Å²) in [5.74, 6) is -1.00. The normalized spacial score (nSPS) is 18.6. The second-order valence-electron chi connectivity index (χ2n) is 12.8. The number of carboxylic acid groups (broad SMARTS) is 2. The number of rotatable bonds is 11. The van der Waals surface area contributed by atoms with Gasteiger partial charge in [0.05, 0.1) is 12.5 Å². The van der Waals surface area contributed by atoms with Gasteiger partial charge < -0.3 is 25.3 Å². The van der Waals surface area contributed by atoms with Crippen LogP contribution in [0.5, 0.6) is 0 Å². The first-order valence-electron chi connectivity index (χ1n) is 16.7. The van der Waals surface area contributed by atoms with Gasteiger partial charge in [-0.25, -0.2) is 4.98 Å². The minimum atomic E-state index is -0.797. The first-order valence-corrected chi connectivity index (χ1v) is 17.6. The van der Waals surface area contributed by atoms with E-state index < -0.39 is 11.9 Å². The molecule has 2 atom stereocenters. The fourth-order valence-corrected chi connectivity index (χ4v) is 8.43. The number of likely N-dealkylation sites (tertiary alicyclic amines) is 1. The number of hydrogen-bond acceptors (Lipinski definition) is 9. The minimum Gasteiger partial charge on any atom is -0.481 e. The van der Waals surface area contributed by atoms with Gasteiger partial charge >= 0.3 is 11.9 Å². The SMILES string of the molecule is Cc1c(Nc2nccc3cc(CCCC(=O)O)cnc23)cccc1-c1cccc2c1CCN2C(=O)C1=NC2CCN(CCC(=O)O)CC2S1. The summed E-state index contributed by atoms with van der Waals surface area (Å²) < 4.78 is 0. The number of amides is 1. The Labute approximate surface area is 288 Å². The zero-order chi connectivity index (χ0) is 34.1. The number of nitrogens with one attached hydrogen (secondary N) is 1. The molecule has 0 saturated carbocycles. The molecule has 11 nitrogen and oxygen atoms in total. The van der Waals surface area contributed by atoms with Crippen molar-refractivity contribution in [3.63, 3.8) is 0 Å². The molecule has 5 heterocycles. The number of aromatic nitrogens is 2. The topological polar surface area (TPSA) is 148 Å². The van der Waals surface area contributed by atoms with Gasteiger partial charge in [0.1, 0.15) is 5.52 Å². The maximum absolute atomic E-state index is 13.9. The molecule has 49 heavy (non-hydrogen) atoms. The second kappa shape index (κ2) is 14.0. The van der Waals surface area contributed by atoms with Crippen LogP contribution in [0.25, 0.3) is 22.0 Å². The molecule has 0 radical (unpaired) electrons. The first kappa shape index (κ1) is 32.7. The number of carbonyl (C=O) groups excluding carboxylic acids is 1. The van der Waals surface area contributed by atoms with Crippen molar-refractivity contribution in [1.29, 1.82) is 0 Å². The standard InChI is InChI=1S/C37H38N6O5S/c1-22-25(6-3-8-28(22)40-35-34-24(11-15-38-35)19-23(20-39-34)5-2-10-32(44)45)26-7-4-9-30-27(26)12-18-43(30)37(48)36-41-29-13-16-42(17-14-33(46)47)21-31(29)49-36/h3-4,6-9,11,15,19-20,29,31H,2,5,10,12-14,16-18,21H2,1H3,(H,38,40)(H,44,45)(H,46,47). The van der Waals surface area contributed by atoms with Crippen LogP contribution in [0.2, 0.25) is 0 Å². The highest BCUT2D eigenvalue weighted by molar-refractivity contribution is 8.16. The number of pyridine rings is 2. The van der Waals surface area contributed by atoms with Crippen molar-refractivity contribution in [1.82, 2.24) is 14.9 Å². The number of carbonyl (C=O) groups is 3. The van der Waals surface area contributed by atoms with E-state index in [9.17, 15) is 14.4 Å². The fourth-order valence-electron chi connectivity index (χ4n) is 7.10. The summed E-state index contributed by atoms with van der Waals surface area (Å²) >= 11 is 1.54. The molecule has 2 aromatic carbocycles. The molecule has 0 aliphatic carbocycles. The van der Waals surface area contributed by atoms with Crippen LogP contribution in [0.3, 0.4) is 0 Å². The van der Waals surface area contributed by atoms with Crippen LogP contribution < -0.4 is 10.2 Å². The van der Waals surface area contributed by atoms with E-state index in [1.54, 1.807) is 24.2 Å². The van der Waals surface area contributed by atoms with E-state index in [0.29, 0.717) is 36.8 Å². The van der Waals surface area contributed by atoms with Gasteiger partial charge in [-0.15, -0.1) is 0 Å². The predicted octanol–water partition coefficient (Wildman–Crippen LogP) is 5.71. The largest absolute Gasteiger partial charge is 0.481 e. The number of anilines is 3. The Balaban J connectivity index is 1.08. The number of nitrogens with zero attached hydrogens (tertiary/aromatic N) is 5. The maximum Gasteiger partial charge on any atom is 0.304 e. The molecule has 3 N–H and O–H groups in total. The summed E-state index contributed by atoms with van der Waals surface area (Å²) in [6.45, 7) is 4.74. The van der Waals surface area contributed by atoms with E-state index in [0.717, 1.165) is 76.0 Å². The molecule has 1 amide bonds. The van der Waals surface area contributed by atoms with Crippen molar-refractivity contribution in [2.24, 2.45) is 4.99 Å². The number of aliphatic carboxylic acids is 2. The molecule has 0 spiro atoms. The minimum absolute atomic E-state index is 0.0564. The van der Waals surface area contributed by atoms with Crippen molar-refractivity contribution >= 4 is 62.7 Å². The molecule has 1 fully saturated rings. The van der Waals surface area contributed by atoms with Gasteiger partial charge in [-0.3, -0.25) is 24.4 Å². The maximum atomic E-state index is 13.9. The van der Waals surface area contributed by atoms with Crippen LogP contribution in [0.4, 0.5) is 17.2 Å². The van der Waals surface area contributed by atoms with Crippen molar-refractivity contribution in [3.05, 3.63) is 77.6 Å². The van der Waals surface area contributed by atoms with E-state index in [1.807, 2.05) is 41.3 Å². The van der Waals surface area contributed by atoms with Gasteiger partial charge in [0.15, 0.2) is 10.9 Å². The summed E-state index contributed by atoms with van der Waals surface area (Å²) in [5.41, 5.74) is 7.91. The molecule has 252 valence electrons. The lowest BCUT2D eigenvalue weighted by molar-refractivity contribution is -0.138. The van der Waals surface area contributed by atoms with Crippen LogP contribution in [-0.2, 0) is 27.2 Å². The van der Waals surface area contributed by atoms with Gasteiger partial charge in [0, 0.05) is 67.0 Å². The third-order valence-corrected chi connectivity index (χ3v) is 10.9. The van der Waals surface area contributed by atoms with Crippen LogP contribution >= 0.6 is 11.8 Å². The van der Waals surface area contributed by atoms with Gasteiger partial charge in [-0.05, 0) is 84.7 Å². The highest BCUT2D eigenvalue weighted by Crippen LogP contribution is 2.41. The van der Waals surface area contributed by atoms with E-state index in [-0.39, 0.29) is 30.0 Å². The smallest absolute Gasteiger partial charge is 0.304 e. The number of piperidine rings is 1. The second-order valence-corrected chi connectivity index (χ2v) is 14.1. The average Bonchev–Trinajstić information content (AvgIpc) is 3.72. The summed E-state index contributed by atoms with van der Waals surface area (Å²) in [6, 6.07) is 16.3. The zero-order valence-electron chi connectivity index (χ0n) is 27.3. The predicted molar refractivity (Wildman–Crippen MR) is 192 cm³/mol. The molecule has 2 unspecified atom stereocenters. The van der Waals surface area contributed by atoms with Crippen molar-refractivity contribution < 1.29 is 24.6 Å². The lowest BCUT2D eigenvalue weighted by Crippen LogP contribution is -2.43. The Morgan fingerprint density at radius 3 is 2.65 bits per heavy atom. The highest BCUT2D eigenvalue weighted by Gasteiger charge is 2.40. The summed E-state index contributed by atoms with van der Waals surface area (Å²) in [6.07, 6.45) is 6.57. The summed E-state index contributed by atoms with van der Waals surface area (Å²) in [5, 5.41) is 23.2. The number of aryl methyl sites for hydroxylation is 1. The molecule has 1 saturated heterocycles. The third-order valence-electron chi connectivity index (χ3n) is 9.64. The van der Waals surface area contributed by atoms with Crippen LogP contribution in [0, 0.1) is 6.92 Å². The number of thioether (sulfide) groups is 1. The van der Waals surface area contributed by atoms with Crippen LogP contribution in [0.1, 0.15) is 42.4 Å². The van der Waals surface area contributed by atoms with E-state index in [2.05, 4.69) is 39.2 Å². The Hall–Kier alpha value is -4.81. The first-order chi connectivity index (χ1) is 23.7. The third kappa shape index (κ3) is 6.88. The fraction of sp³-hybridized carbons (Fsp3) is 0.351. The molecule has 2 aromatic heterocycles. The van der Waals surface area contributed by atoms with Crippen molar-refractivity contribution in [3.8, 4) is 11.1 Å². The molecular formula is C37H38N6O5S. The monoisotopic (exact) mass is 678 g/mol. The molecule has 12 heteroatoms. The summed E-state index contributed by atoms with van der Waals surface area (Å²) in [4.78, 5) is 54.0. The van der Waals surface area contributed by atoms with Crippen LogP contribution in [0.15, 0.2) is 65.9 Å². The van der Waals surface area contributed by atoms with Gasteiger partial charge in [0.2, 0.25) is 0 Å². The average molecular weight is 679 g/mol. The van der Waals surface area contributed by atoms with Crippen LogP contribution in [-0.4, -0.2) is 85.4 Å². The quantitative estimate of drug-likeness (QED) is 0.180. The van der Waals surface area contributed by atoms with E-state index in [1.165, 1.54) is 0 Å². The van der Waals surface area contributed by atoms with E-state index >= 15 is 0 Å². The number of fused-ring (bicyclic) bond motifs is 3. The Bertz CT molecular complexity index is 1980. The molecule has 3 aliphatic rings. The Kier molecular flexibility index (Phi) is 9.33. The van der Waals surface area contributed by atoms with Gasteiger partial charge in [-0.1, -0.05) is 36.0 Å². The summed E-state index contributed by atoms with van der Waals surface area (Å²) in [7, 11) is 0. The lowest BCUT2D eigenvalue weighted by Gasteiger charge is -2.32. The number of carboxylic acids is 2. The van der Waals surface area contributed by atoms with Crippen molar-refractivity contribution in [2.45, 2.75) is 56.7 Å². The number of benzene rings is 2. The highest BCUT2D eigenvalue weighted by atomic mass is 32.2. The number of hydrogen-bond donors (Lipinski definition) is 3.